The summed E-state index contributed by atoms with van der Waals surface area (Å²) in [6.45, 7) is 2.52. The van der Waals surface area contributed by atoms with Crippen LogP contribution in [0.2, 0.25) is 0 Å². The molecule has 3 atom stereocenters. The van der Waals surface area contributed by atoms with Crippen molar-refractivity contribution in [3.63, 3.8) is 0 Å². The molecule has 0 aliphatic heterocycles. The number of carbonyl (C=O) groups is 1. The van der Waals surface area contributed by atoms with E-state index in [2.05, 4.69) is 15.6 Å². The molecule has 1 aliphatic rings. The van der Waals surface area contributed by atoms with Gasteiger partial charge in [-0.05, 0) is 37.0 Å². The number of rotatable bonds is 7. The average Bonchev–Trinajstić information content (AvgIpc) is 2.75. The second kappa shape index (κ2) is 11.0. The lowest BCUT2D eigenvalue weighted by molar-refractivity contribution is 0.0597. The fraction of sp³-hybridized carbons (Fsp3) is 0.600. The Labute approximate surface area is 169 Å². The number of ether oxygens (including phenoxy) is 2. The number of carbonyl (C=O) groups excluding carboxylic acids is 1. The van der Waals surface area contributed by atoms with E-state index in [0.717, 1.165) is 31.2 Å². The van der Waals surface area contributed by atoms with Crippen molar-refractivity contribution < 1.29 is 18.5 Å². The maximum absolute atomic E-state index is 12.1. The van der Waals surface area contributed by atoms with Gasteiger partial charge in [0.05, 0.1) is 14.2 Å². The third-order valence-corrected chi connectivity index (χ3v) is 6.72. The van der Waals surface area contributed by atoms with Crippen LogP contribution in [0, 0.1) is 0 Å². The van der Waals surface area contributed by atoms with E-state index >= 15 is 0 Å². The summed E-state index contributed by atoms with van der Waals surface area (Å²) in [7, 11) is 3.86. The van der Waals surface area contributed by atoms with Crippen molar-refractivity contribution in [1.29, 1.82) is 0 Å². The molecule has 3 unspecified atom stereocenters. The van der Waals surface area contributed by atoms with Gasteiger partial charge in [-0.15, -0.1) is 0 Å². The van der Waals surface area contributed by atoms with Crippen LogP contribution in [0.4, 0.5) is 0 Å². The van der Waals surface area contributed by atoms with E-state index in [1.165, 1.54) is 14.2 Å². The molecule has 0 aromatic heterocycles. The van der Waals surface area contributed by atoms with E-state index in [9.17, 15) is 9.00 Å². The molecule has 156 valence electrons. The predicted molar refractivity (Wildman–Crippen MR) is 112 cm³/mol. The number of nitrogens with one attached hydrogen (secondary N) is 2. The van der Waals surface area contributed by atoms with E-state index in [-0.39, 0.29) is 11.3 Å². The Morgan fingerprint density at radius 2 is 2.11 bits per heavy atom. The van der Waals surface area contributed by atoms with Gasteiger partial charge in [0.25, 0.3) is 0 Å². The van der Waals surface area contributed by atoms with Crippen LogP contribution in [0.3, 0.4) is 0 Å². The van der Waals surface area contributed by atoms with Gasteiger partial charge in [0.15, 0.2) is 5.96 Å². The largest absolute Gasteiger partial charge is 0.496 e. The first kappa shape index (κ1) is 22.2. The van der Waals surface area contributed by atoms with Crippen LogP contribution in [0.15, 0.2) is 23.2 Å². The zero-order valence-electron chi connectivity index (χ0n) is 17.1. The maximum Gasteiger partial charge on any atom is 0.341 e. The van der Waals surface area contributed by atoms with Crippen molar-refractivity contribution in [3.05, 3.63) is 29.3 Å². The molecule has 8 heteroatoms. The van der Waals surface area contributed by atoms with Crippen LogP contribution < -0.4 is 15.4 Å². The molecule has 0 spiro atoms. The molecule has 0 amide bonds. The summed E-state index contributed by atoms with van der Waals surface area (Å²) in [6.07, 6.45) is 4.08. The minimum atomic E-state index is -0.747. The van der Waals surface area contributed by atoms with Gasteiger partial charge in [0, 0.05) is 41.4 Å². The molecule has 2 N–H and O–H groups in total. The number of hydrogen-bond donors (Lipinski definition) is 2. The standard InChI is InChI=1S/C20H31N3O4S/c1-5-28(25)16-8-6-7-15(12-16)23-20(21-2)22-13-14-9-10-17(19(24)27-4)18(11-14)26-3/h9-11,15-16H,5-8,12-13H2,1-4H3,(H2,21,22,23). The SMILES string of the molecule is CCS(=O)C1CCCC(NC(=NC)NCc2ccc(C(=O)OC)c(OC)c2)C1. The fourth-order valence-electron chi connectivity index (χ4n) is 3.45. The average molecular weight is 410 g/mol. The van der Waals surface area contributed by atoms with E-state index < -0.39 is 16.8 Å². The van der Waals surface area contributed by atoms with Gasteiger partial charge in [0.1, 0.15) is 11.3 Å². The van der Waals surface area contributed by atoms with Crippen LogP contribution in [0.5, 0.6) is 5.75 Å². The van der Waals surface area contributed by atoms with E-state index in [4.69, 9.17) is 9.47 Å². The Morgan fingerprint density at radius 3 is 2.75 bits per heavy atom. The quantitative estimate of drug-likeness (QED) is 0.408. The van der Waals surface area contributed by atoms with E-state index in [1.54, 1.807) is 13.1 Å². The maximum atomic E-state index is 12.1. The summed E-state index contributed by atoms with van der Waals surface area (Å²) < 4.78 is 22.2. The Bertz CT molecular complexity index is 723. The first-order valence-corrected chi connectivity index (χ1v) is 11.0. The van der Waals surface area contributed by atoms with Crippen molar-refractivity contribution in [2.75, 3.05) is 27.0 Å². The summed E-state index contributed by atoms with van der Waals surface area (Å²) in [4.78, 5) is 16.1. The first-order chi connectivity index (χ1) is 13.5. The number of nitrogens with zero attached hydrogens (tertiary/aromatic N) is 1. The number of hydrogen-bond acceptors (Lipinski definition) is 5. The summed E-state index contributed by atoms with van der Waals surface area (Å²) in [5, 5.41) is 7.02. The highest BCUT2D eigenvalue weighted by Gasteiger charge is 2.26. The Balaban J connectivity index is 1.95. The van der Waals surface area contributed by atoms with Gasteiger partial charge in [-0.2, -0.15) is 0 Å². The molecule has 1 aromatic rings. The zero-order valence-corrected chi connectivity index (χ0v) is 17.9. The second-order valence-electron chi connectivity index (χ2n) is 6.75. The monoisotopic (exact) mass is 409 g/mol. The fourth-order valence-corrected chi connectivity index (χ4v) is 4.80. The molecule has 1 saturated carbocycles. The number of esters is 1. The molecule has 0 saturated heterocycles. The summed E-state index contributed by atoms with van der Waals surface area (Å²) in [6, 6.07) is 5.64. The second-order valence-corrected chi connectivity index (χ2v) is 8.76. The minimum absolute atomic E-state index is 0.268. The lowest BCUT2D eigenvalue weighted by Gasteiger charge is -2.30. The molecule has 0 heterocycles. The number of methoxy groups -OCH3 is 2. The smallest absolute Gasteiger partial charge is 0.341 e. The highest BCUT2D eigenvalue weighted by Crippen LogP contribution is 2.23. The van der Waals surface area contributed by atoms with Crippen LogP contribution in [0.1, 0.15) is 48.5 Å². The van der Waals surface area contributed by atoms with Crippen LogP contribution in [0.25, 0.3) is 0 Å². The molecular formula is C20H31N3O4S. The van der Waals surface area contributed by atoms with Crippen LogP contribution in [-0.2, 0) is 22.1 Å². The molecule has 28 heavy (non-hydrogen) atoms. The molecule has 1 fully saturated rings. The number of guanidine groups is 1. The normalized spacial score (nSPS) is 20.9. The molecule has 0 radical (unpaired) electrons. The molecule has 1 aliphatic carbocycles. The van der Waals surface area contributed by atoms with Gasteiger partial charge in [-0.25, -0.2) is 4.79 Å². The summed E-state index contributed by atoms with van der Waals surface area (Å²) in [5.74, 6) is 1.48. The Hall–Kier alpha value is -2.09. The van der Waals surface area contributed by atoms with Gasteiger partial charge < -0.3 is 20.1 Å². The summed E-state index contributed by atoms with van der Waals surface area (Å²) in [5.41, 5.74) is 1.36. The molecule has 7 nitrogen and oxygen atoms in total. The first-order valence-electron chi connectivity index (χ1n) is 9.61. The molecule has 0 bridgehead atoms. The zero-order chi connectivity index (χ0) is 20.5. The van der Waals surface area contributed by atoms with E-state index in [0.29, 0.717) is 29.6 Å². The van der Waals surface area contributed by atoms with Crippen molar-refractivity contribution in [2.24, 2.45) is 4.99 Å². The molecule has 1 aromatic carbocycles. The van der Waals surface area contributed by atoms with Gasteiger partial charge in [-0.1, -0.05) is 19.4 Å². The third kappa shape index (κ3) is 5.95. The predicted octanol–water partition coefficient (Wildman–Crippen LogP) is 2.23. The van der Waals surface area contributed by atoms with E-state index in [1.807, 2.05) is 19.1 Å². The van der Waals surface area contributed by atoms with Crippen LogP contribution >= 0.6 is 0 Å². The Morgan fingerprint density at radius 1 is 1.32 bits per heavy atom. The number of benzene rings is 1. The lowest BCUT2D eigenvalue weighted by atomic mass is 9.95. The highest BCUT2D eigenvalue weighted by molar-refractivity contribution is 7.85. The minimum Gasteiger partial charge on any atom is -0.496 e. The molecular weight excluding hydrogens is 378 g/mol. The summed E-state index contributed by atoms with van der Waals surface area (Å²) >= 11 is 0. The highest BCUT2D eigenvalue weighted by atomic mass is 32.2. The third-order valence-electron chi connectivity index (χ3n) is 4.98. The Kier molecular flexibility index (Phi) is 8.76. The van der Waals surface area contributed by atoms with Gasteiger partial charge in [0.2, 0.25) is 0 Å². The van der Waals surface area contributed by atoms with Crippen LogP contribution in [-0.4, -0.2) is 54.4 Å². The van der Waals surface area contributed by atoms with Crippen molar-refractivity contribution in [1.82, 2.24) is 10.6 Å². The molecule has 2 rings (SSSR count). The lowest BCUT2D eigenvalue weighted by Crippen LogP contribution is -2.46. The number of aliphatic imine (C=N–C) groups is 1. The van der Waals surface area contributed by atoms with Crippen molar-refractivity contribution >= 4 is 22.7 Å². The van der Waals surface area contributed by atoms with Crippen molar-refractivity contribution in [2.45, 2.75) is 50.4 Å². The van der Waals surface area contributed by atoms with Gasteiger partial charge >= 0.3 is 5.97 Å². The topological polar surface area (TPSA) is 89.0 Å². The van der Waals surface area contributed by atoms with Gasteiger partial charge in [-0.3, -0.25) is 9.20 Å². The van der Waals surface area contributed by atoms with Crippen molar-refractivity contribution in [3.8, 4) is 5.75 Å².